The molecule has 1 aromatic rings. The normalized spacial score (nSPS) is 12.8. The molecule has 0 aliphatic rings. The zero-order valence-electron chi connectivity index (χ0n) is 8.42. The Hall–Kier alpha value is -1.00. The maximum absolute atomic E-state index is 13.2. The van der Waals surface area contributed by atoms with E-state index in [0.29, 0.717) is 24.9 Å². The van der Waals surface area contributed by atoms with E-state index in [1.807, 2.05) is 0 Å². The van der Waals surface area contributed by atoms with E-state index in [1.54, 1.807) is 0 Å². The third-order valence-electron chi connectivity index (χ3n) is 2.42. The van der Waals surface area contributed by atoms with Crippen molar-refractivity contribution >= 4 is 0 Å². The lowest BCUT2D eigenvalue weighted by Crippen LogP contribution is -2.18. The highest BCUT2D eigenvalue weighted by molar-refractivity contribution is 5.18. The fourth-order valence-electron chi connectivity index (χ4n) is 1.38. The van der Waals surface area contributed by atoms with Crippen molar-refractivity contribution in [1.82, 2.24) is 0 Å². The molecule has 15 heavy (non-hydrogen) atoms. The average Bonchev–Trinajstić information content (AvgIpc) is 2.24. The standard InChI is InChI=1S/C11H15F2NO/c12-10-3-4-11(13)9(5-10)2-1-8(6-14)7-15/h3-5,8,15H,1-2,6-7,14H2. The monoisotopic (exact) mass is 215 g/mol. The molecule has 2 nitrogen and oxygen atoms in total. The van der Waals surface area contributed by atoms with Crippen molar-refractivity contribution in [2.24, 2.45) is 11.7 Å². The highest BCUT2D eigenvalue weighted by Crippen LogP contribution is 2.14. The summed E-state index contributed by atoms with van der Waals surface area (Å²) in [6, 6.07) is 3.38. The molecule has 0 aromatic heterocycles. The molecule has 1 atom stereocenters. The Balaban J connectivity index is 2.60. The van der Waals surface area contributed by atoms with Crippen LogP contribution in [0.4, 0.5) is 8.78 Å². The van der Waals surface area contributed by atoms with E-state index in [9.17, 15) is 8.78 Å². The lowest BCUT2D eigenvalue weighted by atomic mass is 10.00. The maximum atomic E-state index is 13.2. The molecular formula is C11H15F2NO. The van der Waals surface area contributed by atoms with Gasteiger partial charge in [0.05, 0.1) is 0 Å². The van der Waals surface area contributed by atoms with Crippen LogP contribution in [-0.4, -0.2) is 18.3 Å². The van der Waals surface area contributed by atoms with E-state index < -0.39 is 11.6 Å². The van der Waals surface area contributed by atoms with Crippen molar-refractivity contribution in [2.75, 3.05) is 13.2 Å². The number of rotatable bonds is 5. The Labute approximate surface area is 87.7 Å². The molecule has 0 aliphatic carbocycles. The van der Waals surface area contributed by atoms with Crippen molar-refractivity contribution in [1.29, 1.82) is 0 Å². The number of nitrogens with two attached hydrogens (primary N) is 1. The molecular weight excluding hydrogens is 200 g/mol. The number of benzene rings is 1. The SMILES string of the molecule is NCC(CO)CCc1cc(F)ccc1F. The second-order valence-electron chi connectivity index (χ2n) is 3.56. The molecule has 0 spiro atoms. The average molecular weight is 215 g/mol. The number of aliphatic hydroxyl groups excluding tert-OH is 1. The van der Waals surface area contributed by atoms with Crippen LogP contribution in [0.2, 0.25) is 0 Å². The minimum absolute atomic E-state index is 0.0204. The van der Waals surface area contributed by atoms with Gasteiger partial charge in [-0.15, -0.1) is 0 Å². The van der Waals surface area contributed by atoms with Crippen molar-refractivity contribution in [3.63, 3.8) is 0 Å². The second-order valence-corrected chi connectivity index (χ2v) is 3.56. The van der Waals surface area contributed by atoms with E-state index in [2.05, 4.69) is 0 Å². The lowest BCUT2D eigenvalue weighted by molar-refractivity contribution is 0.223. The summed E-state index contributed by atoms with van der Waals surface area (Å²) >= 11 is 0. The summed E-state index contributed by atoms with van der Waals surface area (Å²) in [5.41, 5.74) is 5.72. The summed E-state index contributed by atoms with van der Waals surface area (Å²) in [6.45, 7) is 0.334. The van der Waals surface area contributed by atoms with Crippen molar-refractivity contribution in [2.45, 2.75) is 12.8 Å². The Bertz CT molecular complexity index is 313. The van der Waals surface area contributed by atoms with Crippen LogP contribution in [0.3, 0.4) is 0 Å². The first kappa shape index (κ1) is 12.1. The van der Waals surface area contributed by atoms with Gasteiger partial charge in [0.15, 0.2) is 0 Å². The highest BCUT2D eigenvalue weighted by atomic mass is 19.1. The van der Waals surface area contributed by atoms with Crippen molar-refractivity contribution in [3.8, 4) is 0 Å². The van der Waals surface area contributed by atoms with E-state index in [0.717, 1.165) is 12.1 Å². The van der Waals surface area contributed by atoms with Crippen LogP contribution < -0.4 is 5.73 Å². The molecule has 0 aliphatic heterocycles. The van der Waals surface area contributed by atoms with Gasteiger partial charge >= 0.3 is 0 Å². The molecule has 0 radical (unpaired) electrons. The molecule has 0 fully saturated rings. The molecule has 4 heteroatoms. The lowest BCUT2D eigenvalue weighted by Gasteiger charge is -2.11. The fourth-order valence-corrected chi connectivity index (χ4v) is 1.38. The Morgan fingerprint density at radius 1 is 1.33 bits per heavy atom. The Morgan fingerprint density at radius 3 is 2.67 bits per heavy atom. The van der Waals surface area contributed by atoms with Gasteiger partial charge in [0.2, 0.25) is 0 Å². The molecule has 0 amide bonds. The van der Waals surface area contributed by atoms with E-state index in [1.165, 1.54) is 6.07 Å². The smallest absolute Gasteiger partial charge is 0.126 e. The Kier molecular flexibility index (Phi) is 4.65. The van der Waals surface area contributed by atoms with Gasteiger partial charge < -0.3 is 10.8 Å². The predicted octanol–water partition coefficient (Wildman–Crippen LogP) is 1.46. The number of hydrogen-bond acceptors (Lipinski definition) is 2. The van der Waals surface area contributed by atoms with E-state index in [-0.39, 0.29) is 12.5 Å². The van der Waals surface area contributed by atoms with Gasteiger partial charge in [0, 0.05) is 6.61 Å². The minimum Gasteiger partial charge on any atom is -0.396 e. The van der Waals surface area contributed by atoms with Crippen molar-refractivity contribution < 1.29 is 13.9 Å². The highest BCUT2D eigenvalue weighted by Gasteiger charge is 2.08. The summed E-state index contributed by atoms with van der Waals surface area (Å²) in [7, 11) is 0. The molecule has 3 N–H and O–H groups in total. The molecule has 84 valence electrons. The van der Waals surface area contributed by atoms with Gasteiger partial charge in [-0.1, -0.05) is 0 Å². The number of hydrogen-bond donors (Lipinski definition) is 2. The zero-order valence-corrected chi connectivity index (χ0v) is 8.42. The van der Waals surface area contributed by atoms with Gasteiger partial charge in [0.25, 0.3) is 0 Å². The van der Waals surface area contributed by atoms with Crippen LogP contribution in [0, 0.1) is 17.6 Å². The third kappa shape index (κ3) is 3.57. The van der Waals surface area contributed by atoms with Gasteiger partial charge in [-0.05, 0) is 49.1 Å². The number of aliphatic hydroxyl groups is 1. The van der Waals surface area contributed by atoms with Crippen LogP contribution in [-0.2, 0) is 6.42 Å². The summed E-state index contributed by atoms with van der Waals surface area (Å²) in [4.78, 5) is 0. The van der Waals surface area contributed by atoms with Crippen LogP contribution >= 0.6 is 0 Å². The summed E-state index contributed by atoms with van der Waals surface area (Å²) in [6.07, 6.45) is 0.958. The minimum atomic E-state index is -0.445. The number of halogens is 2. The fraction of sp³-hybridized carbons (Fsp3) is 0.455. The summed E-state index contributed by atoms with van der Waals surface area (Å²) in [5.74, 6) is -0.905. The van der Waals surface area contributed by atoms with Crippen LogP contribution in [0.5, 0.6) is 0 Å². The van der Waals surface area contributed by atoms with Gasteiger partial charge in [-0.2, -0.15) is 0 Å². The first-order valence-corrected chi connectivity index (χ1v) is 4.92. The van der Waals surface area contributed by atoms with E-state index in [4.69, 9.17) is 10.8 Å². The van der Waals surface area contributed by atoms with Gasteiger partial charge in [-0.3, -0.25) is 0 Å². The maximum Gasteiger partial charge on any atom is 0.126 e. The van der Waals surface area contributed by atoms with Gasteiger partial charge in [0.1, 0.15) is 11.6 Å². The zero-order chi connectivity index (χ0) is 11.3. The summed E-state index contributed by atoms with van der Waals surface area (Å²) in [5, 5.41) is 8.88. The quantitative estimate of drug-likeness (QED) is 0.781. The third-order valence-corrected chi connectivity index (χ3v) is 2.42. The topological polar surface area (TPSA) is 46.2 Å². The number of aryl methyl sites for hydroxylation is 1. The van der Waals surface area contributed by atoms with Crippen molar-refractivity contribution in [3.05, 3.63) is 35.4 Å². The van der Waals surface area contributed by atoms with Crippen LogP contribution in [0.25, 0.3) is 0 Å². The molecule has 0 saturated heterocycles. The van der Waals surface area contributed by atoms with Crippen LogP contribution in [0.15, 0.2) is 18.2 Å². The first-order valence-electron chi connectivity index (χ1n) is 4.92. The van der Waals surface area contributed by atoms with Gasteiger partial charge in [-0.25, -0.2) is 8.78 Å². The molecule has 1 aromatic carbocycles. The first-order chi connectivity index (χ1) is 7.17. The molecule has 0 heterocycles. The largest absolute Gasteiger partial charge is 0.396 e. The van der Waals surface area contributed by atoms with Crippen LogP contribution in [0.1, 0.15) is 12.0 Å². The molecule has 0 saturated carbocycles. The molecule has 0 bridgehead atoms. The second kappa shape index (κ2) is 5.78. The molecule has 1 unspecified atom stereocenters. The van der Waals surface area contributed by atoms with E-state index >= 15 is 0 Å². The predicted molar refractivity (Wildman–Crippen MR) is 54.3 cm³/mol. The Morgan fingerprint density at radius 2 is 2.07 bits per heavy atom. The molecule has 1 rings (SSSR count). The summed E-state index contributed by atoms with van der Waals surface area (Å²) < 4.78 is 26.0.